The van der Waals surface area contributed by atoms with E-state index in [1.165, 1.54) is 0 Å². The zero-order valence-corrected chi connectivity index (χ0v) is 9.46. The smallest absolute Gasteiger partial charge is 0.343 e. The highest BCUT2D eigenvalue weighted by molar-refractivity contribution is 5.90. The van der Waals surface area contributed by atoms with Crippen molar-refractivity contribution < 1.29 is 31.5 Å². The topological polar surface area (TPSA) is 39.2 Å². The minimum absolute atomic E-state index is 0.0336. The molecule has 0 saturated carbocycles. The molecule has 1 aromatic heterocycles. The Morgan fingerprint density at radius 1 is 1.00 bits per heavy atom. The second-order valence-electron chi connectivity index (χ2n) is 3.55. The molecule has 1 heterocycles. The van der Waals surface area contributed by atoms with E-state index in [2.05, 4.69) is 9.72 Å². The Balaban J connectivity index is 2.38. The SMILES string of the molecule is O=C(Oc1c(F)c(F)cc(F)c1F)c1ccnc([18F])c1. The molecule has 0 radical (unpaired) electrons. The molecule has 0 aliphatic rings. The van der Waals surface area contributed by atoms with Crippen molar-refractivity contribution in [1.29, 1.82) is 0 Å². The summed E-state index contributed by atoms with van der Waals surface area (Å²) in [6.45, 7) is 0. The number of pyridine rings is 1. The van der Waals surface area contributed by atoms with Crippen LogP contribution in [0, 0.1) is 29.2 Å². The number of aromatic nitrogens is 1. The maximum atomic E-state index is 13.3. The number of carbonyl (C=O) groups excluding carboxylic acids is 1. The third kappa shape index (κ3) is 2.58. The van der Waals surface area contributed by atoms with Crippen LogP contribution in [-0.2, 0) is 0 Å². The predicted octanol–water partition coefficient (Wildman–Crippen LogP) is 3.00. The first-order valence-corrected chi connectivity index (χ1v) is 5.07. The quantitative estimate of drug-likeness (QED) is 0.280. The van der Waals surface area contributed by atoms with E-state index < -0.39 is 46.5 Å². The number of hydrogen-bond acceptors (Lipinski definition) is 3. The van der Waals surface area contributed by atoms with Gasteiger partial charge in [-0.1, -0.05) is 0 Å². The zero-order valence-electron chi connectivity index (χ0n) is 9.46. The maximum Gasteiger partial charge on any atom is 0.343 e. The molecule has 20 heavy (non-hydrogen) atoms. The van der Waals surface area contributed by atoms with Crippen LogP contribution >= 0.6 is 0 Å². The second kappa shape index (κ2) is 5.24. The Morgan fingerprint density at radius 2 is 1.60 bits per heavy atom. The summed E-state index contributed by atoms with van der Waals surface area (Å²) in [4.78, 5) is 14.6. The molecule has 0 aliphatic heterocycles. The third-order valence-corrected chi connectivity index (χ3v) is 2.23. The molecule has 0 bridgehead atoms. The van der Waals surface area contributed by atoms with Crippen LogP contribution in [-0.4, -0.2) is 11.0 Å². The van der Waals surface area contributed by atoms with Gasteiger partial charge in [0, 0.05) is 18.3 Å². The molecule has 0 N–H and O–H groups in total. The lowest BCUT2D eigenvalue weighted by Gasteiger charge is -2.07. The molecule has 3 nitrogen and oxygen atoms in total. The minimum Gasteiger partial charge on any atom is -0.416 e. The molecule has 0 amide bonds. The van der Waals surface area contributed by atoms with Gasteiger partial charge in [-0.15, -0.1) is 0 Å². The third-order valence-electron chi connectivity index (χ3n) is 2.23. The van der Waals surface area contributed by atoms with Crippen LogP contribution < -0.4 is 4.74 Å². The number of carbonyl (C=O) groups is 1. The average Bonchev–Trinajstić information content (AvgIpc) is 2.41. The van der Waals surface area contributed by atoms with Crippen molar-refractivity contribution in [2.45, 2.75) is 0 Å². The van der Waals surface area contributed by atoms with Gasteiger partial charge in [-0.3, -0.25) is 0 Å². The van der Waals surface area contributed by atoms with E-state index in [1.54, 1.807) is 0 Å². The lowest BCUT2D eigenvalue weighted by Crippen LogP contribution is -2.12. The van der Waals surface area contributed by atoms with E-state index >= 15 is 0 Å². The number of esters is 1. The van der Waals surface area contributed by atoms with Crippen LogP contribution in [0.4, 0.5) is 22.0 Å². The van der Waals surface area contributed by atoms with Gasteiger partial charge in [-0.05, 0) is 6.07 Å². The van der Waals surface area contributed by atoms with Crippen molar-refractivity contribution in [2.24, 2.45) is 0 Å². The van der Waals surface area contributed by atoms with Crippen molar-refractivity contribution in [1.82, 2.24) is 4.98 Å². The fraction of sp³-hybridized carbons (Fsp3) is 0. The summed E-state index contributed by atoms with van der Waals surface area (Å²) in [6.07, 6.45) is 0.908. The first kappa shape index (κ1) is 13.9. The van der Waals surface area contributed by atoms with Crippen LogP contribution in [0.25, 0.3) is 0 Å². The standard InChI is InChI=1S/C12H4F5NO2/c13-6-4-7(14)10(17)11(9(6)16)20-12(19)5-1-2-18-8(15)3-5/h1-4H/i15-1. The van der Waals surface area contributed by atoms with Crippen LogP contribution in [0.1, 0.15) is 10.4 Å². The molecule has 0 atom stereocenters. The molecular formula is C12H4F5NO2. The fourth-order valence-electron chi connectivity index (χ4n) is 1.32. The lowest BCUT2D eigenvalue weighted by molar-refractivity contribution is 0.0716. The monoisotopic (exact) mass is 288 g/mol. The minimum atomic E-state index is -1.87. The van der Waals surface area contributed by atoms with Crippen LogP contribution in [0.15, 0.2) is 24.4 Å². The Bertz CT molecular complexity index is 664. The summed E-state index contributed by atoms with van der Waals surface area (Å²) < 4.78 is 69.3. The lowest BCUT2D eigenvalue weighted by atomic mass is 10.2. The molecule has 0 saturated heterocycles. The summed E-state index contributed by atoms with van der Waals surface area (Å²) in [6, 6.07) is 1.60. The van der Waals surface area contributed by atoms with E-state index in [-0.39, 0.29) is 6.07 Å². The van der Waals surface area contributed by atoms with E-state index in [0.717, 1.165) is 12.3 Å². The van der Waals surface area contributed by atoms with Crippen molar-refractivity contribution >= 4 is 5.97 Å². The largest absolute Gasteiger partial charge is 0.416 e. The Kier molecular flexibility index (Phi) is 3.64. The summed E-state index contributed by atoms with van der Waals surface area (Å²) in [5, 5.41) is 0. The molecule has 8 heteroatoms. The van der Waals surface area contributed by atoms with Crippen LogP contribution in [0.3, 0.4) is 0 Å². The molecule has 104 valence electrons. The predicted molar refractivity (Wildman–Crippen MR) is 55.4 cm³/mol. The Hall–Kier alpha value is -2.51. The molecule has 2 rings (SSSR count). The highest BCUT2D eigenvalue weighted by Crippen LogP contribution is 2.27. The second-order valence-corrected chi connectivity index (χ2v) is 3.55. The Labute approximate surface area is 108 Å². The van der Waals surface area contributed by atoms with Gasteiger partial charge in [0.25, 0.3) is 0 Å². The molecule has 0 aliphatic carbocycles. The fourth-order valence-corrected chi connectivity index (χ4v) is 1.32. The molecule has 0 spiro atoms. The number of rotatable bonds is 2. The Morgan fingerprint density at radius 3 is 2.15 bits per heavy atom. The van der Waals surface area contributed by atoms with Gasteiger partial charge in [0.1, 0.15) is 0 Å². The van der Waals surface area contributed by atoms with Gasteiger partial charge in [-0.25, -0.2) is 18.6 Å². The average molecular weight is 288 g/mol. The zero-order chi connectivity index (χ0) is 14.9. The van der Waals surface area contributed by atoms with Crippen molar-refractivity contribution in [3.63, 3.8) is 0 Å². The number of halogens is 5. The normalized spacial score (nSPS) is 10.4. The van der Waals surface area contributed by atoms with Gasteiger partial charge in [0.15, 0.2) is 11.6 Å². The van der Waals surface area contributed by atoms with E-state index in [1.807, 2.05) is 0 Å². The van der Waals surface area contributed by atoms with E-state index in [9.17, 15) is 26.7 Å². The number of hydrogen-bond donors (Lipinski definition) is 0. The molecular weight excluding hydrogens is 284 g/mol. The molecule has 2 aromatic rings. The van der Waals surface area contributed by atoms with Crippen LogP contribution in [0.5, 0.6) is 5.75 Å². The number of benzene rings is 1. The van der Waals surface area contributed by atoms with Crippen LogP contribution in [0.2, 0.25) is 0 Å². The van der Waals surface area contributed by atoms with Crippen molar-refractivity contribution in [3.05, 3.63) is 59.2 Å². The molecule has 0 unspecified atom stereocenters. The van der Waals surface area contributed by atoms with E-state index in [0.29, 0.717) is 6.07 Å². The first-order chi connectivity index (χ1) is 9.40. The summed E-state index contributed by atoms with van der Waals surface area (Å²) >= 11 is 0. The van der Waals surface area contributed by atoms with Crippen molar-refractivity contribution in [2.75, 3.05) is 0 Å². The highest BCUT2D eigenvalue weighted by atomic mass is 19.2. The summed E-state index contributed by atoms with van der Waals surface area (Å²) in [7, 11) is 0. The summed E-state index contributed by atoms with van der Waals surface area (Å²) in [5.41, 5.74) is -0.430. The maximum absolute atomic E-state index is 13.3. The molecule has 1 aromatic carbocycles. The number of ether oxygens (including phenoxy) is 1. The molecule has 0 fully saturated rings. The first-order valence-electron chi connectivity index (χ1n) is 5.07. The number of nitrogens with zero attached hydrogens (tertiary/aromatic N) is 1. The van der Waals surface area contributed by atoms with Crippen molar-refractivity contribution in [3.8, 4) is 5.75 Å². The van der Waals surface area contributed by atoms with Gasteiger partial charge >= 0.3 is 5.97 Å². The van der Waals surface area contributed by atoms with Gasteiger partial charge < -0.3 is 4.74 Å². The summed E-state index contributed by atoms with van der Waals surface area (Å²) in [5.74, 6) is -11.2. The highest BCUT2D eigenvalue weighted by Gasteiger charge is 2.23. The van der Waals surface area contributed by atoms with Gasteiger partial charge in [0.2, 0.25) is 23.3 Å². The van der Waals surface area contributed by atoms with E-state index in [4.69, 9.17) is 0 Å². The van der Waals surface area contributed by atoms with Gasteiger partial charge in [0.05, 0.1) is 5.56 Å². The van der Waals surface area contributed by atoms with Gasteiger partial charge in [-0.2, -0.15) is 13.2 Å².